The summed E-state index contributed by atoms with van der Waals surface area (Å²) in [5.41, 5.74) is 7.33. The fraction of sp³-hybridized carbons (Fsp3) is 0.562. The van der Waals surface area contributed by atoms with Crippen LogP contribution in [0.4, 0.5) is 0 Å². The van der Waals surface area contributed by atoms with Crippen molar-refractivity contribution in [2.24, 2.45) is 5.73 Å². The van der Waals surface area contributed by atoms with E-state index in [9.17, 15) is 4.79 Å². The van der Waals surface area contributed by atoms with E-state index in [1.165, 1.54) is 5.56 Å². The van der Waals surface area contributed by atoms with Gasteiger partial charge in [0.05, 0.1) is 11.7 Å². The molecule has 0 bridgehead atoms. The van der Waals surface area contributed by atoms with Crippen molar-refractivity contribution in [3.63, 3.8) is 0 Å². The Labute approximate surface area is 120 Å². The van der Waals surface area contributed by atoms with Gasteiger partial charge in [-0.25, -0.2) is 0 Å². The van der Waals surface area contributed by atoms with Gasteiger partial charge in [0.15, 0.2) is 0 Å². The first-order valence-electron chi connectivity index (χ1n) is 7.21. The van der Waals surface area contributed by atoms with Crippen LogP contribution >= 0.6 is 0 Å². The van der Waals surface area contributed by atoms with Crippen LogP contribution in [-0.4, -0.2) is 42.1 Å². The molecule has 1 aromatic rings. The number of hydrogen-bond donors (Lipinski definition) is 1. The summed E-state index contributed by atoms with van der Waals surface area (Å²) in [7, 11) is 0. The Hall–Kier alpha value is -1.39. The topological polar surface area (TPSA) is 55.6 Å². The zero-order valence-electron chi connectivity index (χ0n) is 12.6. The maximum absolute atomic E-state index is 12.6. The molecule has 4 nitrogen and oxygen atoms in total. The van der Waals surface area contributed by atoms with Gasteiger partial charge in [-0.3, -0.25) is 4.79 Å². The molecular weight excluding hydrogens is 252 g/mol. The Bertz CT molecular complexity index is 468. The minimum absolute atomic E-state index is 0.0579. The predicted molar refractivity (Wildman–Crippen MR) is 79.7 cm³/mol. The van der Waals surface area contributed by atoms with Crippen LogP contribution in [0.2, 0.25) is 0 Å². The molecule has 1 aromatic carbocycles. The van der Waals surface area contributed by atoms with E-state index in [-0.39, 0.29) is 17.6 Å². The number of carbonyl (C=O) groups is 1. The molecule has 2 N–H and O–H groups in total. The highest BCUT2D eigenvalue weighted by Gasteiger charge is 2.35. The van der Waals surface area contributed by atoms with E-state index >= 15 is 0 Å². The Kier molecular flexibility index (Phi) is 4.45. The second kappa shape index (κ2) is 5.94. The second-order valence-corrected chi connectivity index (χ2v) is 5.97. The van der Waals surface area contributed by atoms with Crippen LogP contribution < -0.4 is 5.73 Å². The summed E-state index contributed by atoms with van der Waals surface area (Å²) in [6.07, 6.45) is 0.895. The zero-order valence-corrected chi connectivity index (χ0v) is 12.6. The first-order chi connectivity index (χ1) is 9.45. The number of carbonyl (C=O) groups excluding carboxylic acids is 1. The lowest BCUT2D eigenvalue weighted by molar-refractivity contribution is -0.122. The highest BCUT2D eigenvalue weighted by molar-refractivity contribution is 5.94. The molecule has 1 aliphatic heterocycles. The molecule has 0 aliphatic carbocycles. The number of rotatable bonds is 3. The van der Waals surface area contributed by atoms with Crippen LogP contribution in [0.15, 0.2) is 24.3 Å². The minimum atomic E-state index is -0.346. The van der Waals surface area contributed by atoms with E-state index in [4.69, 9.17) is 10.5 Å². The highest BCUT2D eigenvalue weighted by Crippen LogP contribution is 2.22. The van der Waals surface area contributed by atoms with Crippen LogP contribution in [0.3, 0.4) is 0 Å². The SMILES string of the molecule is CCc1ccc(C(=O)N2CC(CN)OC(C)(C)C2)cc1. The average Bonchev–Trinajstić information content (AvgIpc) is 2.44. The molecule has 0 spiro atoms. The number of hydrogen-bond acceptors (Lipinski definition) is 3. The van der Waals surface area contributed by atoms with Crippen molar-refractivity contribution in [1.82, 2.24) is 4.90 Å². The van der Waals surface area contributed by atoms with Crippen LogP contribution in [0.25, 0.3) is 0 Å². The van der Waals surface area contributed by atoms with Gasteiger partial charge in [-0.1, -0.05) is 19.1 Å². The van der Waals surface area contributed by atoms with Crippen LogP contribution in [0.1, 0.15) is 36.7 Å². The number of nitrogens with zero attached hydrogens (tertiary/aromatic N) is 1. The summed E-state index contributed by atoms with van der Waals surface area (Å²) in [6.45, 7) is 7.69. The Morgan fingerprint density at radius 2 is 2.05 bits per heavy atom. The Morgan fingerprint density at radius 1 is 1.40 bits per heavy atom. The monoisotopic (exact) mass is 276 g/mol. The van der Waals surface area contributed by atoms with Gasteiger partial charge in [-0.15, -0.1) is 0 Å². The Morgan fingerprint density at radius 3 is 2.60 bits per heavy atom. The molecule has 2 rings (SSSR count). The smallest absolute Gasteiger partial charge is 0.254 e. The third-order valence-corrected chi connectivity index (χ3v) is 3.64. The summed E-state index contributed by atoms with van der Waals surface area (Å²) in [5.74, 6) is 0.0579. The molecule has 0 saturated carbocycles. The molecule has 1 fully saturated rings. The molecule has 20 heavy (non-hydrogen) atoms. The van der Waals surface area contributed by atoms with Crippen molar-refractivity contribution in [1.29, 1.82) is 0 Å². The quantitative estimate of drug-likeness (QED) is 0.916. The first kappa shape index (κ1) is 15.0. The fourth-order valence-corrected chi connectivity index (χ4v) is 2.64. The number of aryl methyl sites for hydroxylation is 1. The molecular formula is C16H24N2O2. The third-order valence-electron chi connectivity index (χ3n) is 3.64. The van der Waals surface area contributed by atoms with Gasteiger partial charge in [0.2, 0.25) is 0 Å². The molecule has 0 aromatic heterocycles. The van der Waals surface area contributed by atoms with Gasteiger partial charge in [0.25, 0.3) is 5.91 Å². The van der Waals surface area contributed by atoms with Crippen molar-refractivity contribution >= 4 is 5.91 Å². The van der Waals surface area contributed by atoms with Gasteiger partial charge in [-0.2, -0.15) is 0 Å². The van der Waals surface area contributed by atoms with Crippen molar-refractivity contribution in [3.05, 3.63) is 35.4 Å². The lowest BCUT2D eigenvalue weighted by Crippen LogP contribution is -2.56. The maximum Gasteiger partial charge on any atom is 0.254 e. The third kappa shape index (κ3) is 3.38. The molecule has 1 heterocycles. The molecule has 1 atom stereocenters. The number of morpholine rings is 1. The molecule has 110 valence electrons. The van der Waals surface area contributed by atoms with E-state index in [1.807, 2.05) is 43.0 Å². The van der Waals surface area contributed by atoms with Gasteiger partial charge >= 0.3 is 0 Å². The van der Waals surface area contributed by atoms with E-state index in [0.29, 0.717) is 19.6 Å². The molecule has 4 heteroatoms. The van der Waals surface area contributed by atoms with Gasteiger partial charge in [0, 0.05) is 25.2 Å². The van der Waals surface area contributed by atoms with Crippen LogP contribution in [0.5, 0.6) is 0 Å². The lowest BCUT2D eigenvalue weighted by Gasteiger charge is -2.42. The summed E-state index contributed by atoms with van der Waals surface area (Å²) in [5, 5.41) is 0. The number of benzene rings is 1. The van der Waals surface area contributed by atoms with Crippen molar-refractivity contribution in [3.8, 4) is 0 Å². The highest BCUT2D eigenvalue weighted by atomic mass is 16.5. The lowest BCUT2D eigenvalue weighted by atomic mass is 10.0. The van der Waals surface area contributed by atoms with Crippen LogP contribution in [0, 0.1) is 0 Å². The maximum atomic E-state index is 12.6. The zero-order chi connectivity index (χ0) is 14.8. The summed E-state index contributed by atoms with van der Waals surface area (Å²) < 4.78 is 5.86. The van der Waals surface area contributed by atoms with Gasteiger partial charge in [0.1, 0.15) is 0 Å². The van der Waals surface area contributed by atoms with Crippen molar-refractivity contribution in [2.45, 2.75) is 38.9 Å². The minimum Gasteiger partial charge on any atom is -0.367 e. The summed E-state index contributed by atoms with van der Waals surface area (Å²) in [6, 6.07) is 7.83. The number of amides is 1. The summed E-state index contributed by atoms with van der Waals surface area (Å²) >= 11 is 0. The van der Waals surface area contributed by atoms with E-state index < -0.39 is 0 Å². The molecule has 1 aliphatic rings. The Balaban J connectivity index is 2.14. The van der Waals surface area contributed by atoms with Crippen molar-refractivity contribution in [2.75, 3.05) is 19.6 Å². The van der Waals surface area contributed by atoms with E-state index in [0.717, 1.165) is 12.0 Å². The van der Waals surface area contributed by atoms with Gasteiger partial charge < -0.3 is 15.4 Å². The van der Waals surface area contributed by atoms with Gasteiger partial charge in [-0.05, 0) is 38.0 Å². The van der Waals surface area contributed by atoms with Crippen LogP contribution in [-0.2, 0) is 11.2 Å². The normalized spacial score (nSPS) is 21.8. The molecule has 1 saturated heterocycles. The predicted octanol–water partition coefficient (Wildman–Crippen LogP) is 1.83. The second-order valence-electron chi connectivity index (χ2n) is 5.97. The molecule has 1 amide bonds. The number of ether oxygens (including phenoxy) is 1. The first-order valence-corrected chi connectivity index (χ1v) is 7.21. The fourth-order valence-electron chi connectivity index (χ4n) is 2.64. The van der Waals surface area contributed by atoms with Crippen molar-refractivity contribution < 1.29 is 9.53 Å². The summed E-state index contributed by atoms with van der Waals surface area (Å²) in [4.78, 5) is 14.4. The van der Waals surface area contributed by atoms with E-state index in [1.54, 1.807) is 0 Å². The molecule has 1 unspecified atom stereocenters. The largest absolute Gasteiger partial charge is 0.367 e. The number of nitrogens with two attached hydrogens (primary N) is 1. The standard InChI is InChI=1S/C16H24N2O2/c1-4-12-5-7-13(8-6-12)15(19)18-10-14(9-17)20-16(2,3)11-18/h5-8,14H,4,9-11,17H2,1-3H3. The molecule has 0 radical (unpaired) electrons. The van der Waals surface area contributed by atoms with E-state index in [2.05, 4.69) is 6.92 Å². The average molecular weight is 276 g/mol.